The average molecular weight is 289 g/mol. The minimum Gasteiger partial charge on any atom is -0.335 e. The van der Waals surface area contributed by atoms with Crippen molar-refractivity contribution in [1.29, 1.82) is 5.26 Å². The fourth-order valence-electron chi connectivity index (χ4n) is 2.12. The Kier molecular flexibility index (Phi) is 4.35. The lowest BCUT2D eigenvalue weighted by molar-refractivity contribution is -0.384. The molecule has 8 heteroatoms. The standard InChI is InChI=1S/C13H15N5O3/c14-6-1-7-17(10-3-4-10)13(19)9-2-5-12(18(20)21)11(8-9)16-15/h2,5,8,10,16H,1,3-4,7,15H2. The molecule has 1 aliphatic rings. The smallest absolute Gasteiger partial charge is 0.293 e. The van der Waals surface area contributed by atoms with Gasteiger partial charge in [-0.15, -0.1) is 0 Å². The predicted octanol–water partition coefficient (Wildman–Crippen LogP) is 1.40. The van der Waals surface area contributed by atoms with Crippen LogP contribution >= 0.6 is 0 Å². The van der Waals surface area contributed by atoms with E-state index >= 15 is 0 Å². The summed E-state index contributed by atoms with van der Waals surface area (Å²) >= 11 is 0. The van der Waals surface area contributed by atoms with Gasteiger partial charge in [-0.25, -0.2) is 0 Å². The zero-order valence-electron chi connectivity index (χ0n) is 11.3. The van der Waals surface area contributed by atoms with Crippen LogP contribution in [0.15, 0.2) is 18.2 Å². The summed E-state index contributed by atoms with van der Waals surface area (Å²) < 4.78 is 0. The summed E-state index contributed by atoms with van der Waals surface area (Å²) in [6.45, 7) is 0.363. The van der Waals surface area contributed by atoms with E-state index in [9.17, 15) is 14.9 Å². The second-order valence-corrected chi connectivity index (χ2v) is 4.77. The summed E-state index contributed by atoms with van der Waals surface area (Å²) in [5.41, 5.74) is 2.45. The molecule has 0 aromatic heterocycles. The molecule has 1 aliphatic carbocycles. The summed E-state index contributed by atoms with van der Waals surface area (Å²) in [6, 6.07) is 6.20. The van der Waals surface area contributed by atoms with E-state index in [2.05, 4.69) is 5.43 Å². The van der Waals surface area contributed by atoms with Crippen LogP contribution in [0.1, 0.15) is 29.6 Å². The lowest BCUT2D eigenvalue weighted by Gasteiger charge is -2.21. The number of amides is 1. The lowest BCUT2D eigenvalue weighted by atomic mass is 10.1. The first-order valence-corrected chi connectivity index (χ1v) is 6.51. The molecular formula is C13H15N5O3. The number of nitriles is 1. The number of nitrogens with zero attached hydrogens (tertiary/aromatic N) is 3. The van der Waals surface area contributed by atoms with E-state index in [1.807, 2.05) is 6.07 Å². The fourth-order valence-corrected chi connectivity index (χ4v) is 2.12. The number of nitro groups is 1. The maximum Gasteiger partial charge on any atom is 0.293 e. The molecule has 0 aliphatic heterocycles. The Labute approximate surface area is 121 Å². The third kappa shape index (κ3) is 3.27. The van der Waals surface area contributed by atoms with Crippen molar-refractivity contribution in [2.24, 2.45) is 5.84 Å². The van der Waals surface area contributed by atoms with E-state index in [4.69, 9.17) is 11.1 Å². The number of nitrogens with one attached hydrogen (secondary N) is 1. The first kappa shape index (κ1) is 14.7. The maximum absolute atomic E-state index is 12.5. The highest BCUT2D eigenvalue weighted by molar-refractivity contribution is 5.96. The van der Waals surface area contributed by atoms with Crippen LogP contribution in [-0.2, 0) is 0 Å². The van der Waals surface area contributed by atoms with Crippen molar-refractivity contribution in [1.82, 2.24) is 4.90 Å². The second kappa shape index (κ2) is 6.19. The molecule has 3 N–H and O–H groups in total. The summed E-state index contributed by atoms with van der Waals surface area (Å²) in [7, 11) is 0. The van der Waals surface area contributed by atoms with Gasteiger partial charge in [0.15, 0.2) is 0 Å². The number of benzene rings is 1. The molecule has 1 saturated carbocycles. The summed E-state index contributed by atoms with van der Waals surface area (Å²) in [6.07, 6.45) is 2.11. The van der Waals surface area contributed by atoms with Gasteiger partial charge < -0.3 is 10.3 Å². The Morgan fingerprint density at radius 1 is 1.57 bits per heavy atom. The summed E-state index contributed by atoms with van der Waals surface area (Å²) in [5.74, 6) is 5.03. The molecule has 0 heterocycles. The predicted molar refractivity (Wildman–Crippen MR) is 75.2 cm³/mol. The Morgan fingerprint density at radius 2 is 2.29 bits per heavy atom. The zero-order valence-corrected chi connectivity index (χ0v) is 11.3. The van der Waals surface area contributed by atoms with E-state index in [-0.39, 0.29) is 29.7 Å². The van der Waals surface area contributed by atoms with Crippen LogP contribution in [0.5, 0.6) is 0 Å². The molecule has 0 radical (unpaired) electrons. The number of hydrogen-bond acceptors (Lipinski definition) is 6. The van der Waals surface area contributed by atoms with E-state index in [1.54, 1.807) is 4.90 Å². The van der Waals surface area contributed by atoms with Crippen LogP contribution in [0.25, 0.3) is 0 Å². The zero-order chi connectivity index (χ0) is 15.4. The molecule has 0 saturated heterocycles. The van der Waals surface area contributed by atoms with E-state index in [0.29, 0.717) is 12.1 Å². The number of nitrogen functional groups attached to an aromatic ring is 1. The molecule has 1 aromatic carbocycles. The highest BCUT2D eigenvalue weighted by Gasteiger charge is 2.33. The van der Waals surface area contributed by atoms with Gasteiger partial charge in [0.1, 0.15) is 5.69 Å². The minimum atomic E-state index is -0.572. The van der Waals surface area contributed by atoms with Gasteiger partial charge >= 0.3 is 0 Å². The first-order valence-electron chi connectivity index (χ1n) is 6.51. The van der Waals surface area contributed by atoms with E-state index < -0.39 is 4.92 Å². The van der Waals surface area contributed by atoms with Gasteiger partial charge in [-0.3, -0.25) is 20.8 Å². The number of hydrazine groups is 1. The van der Waals surface area contributed by atoms with Crippen LogP contribution in [0.4, 0.5) is 11.4 Å². The van der Waals surface area contributed by atoms with Crippen molar-refractivity contribution in [3.8, 4) is 6.07 Å². The van der Waals surface area contributed by atoms with Gasteiger partial charge in [0.25, 0.3) is 11.6 Å². The maximum atomic E-state index is 12.5. The SMILES string of the molecule is N#CCCN(C(=O)c1ccc([N+](=O)[O-])c(NN)c1)C1CC1. The van der Waals surface area contributed by atoms with Crippen molar-refractivity contribution in [3.05, 3.63) is 33.9 Å². The van der Waals surface area contributed by atoms with Crippen LogP contribution in [-0.4, -0.2) is 28.3 Å². The monoisotopic (exact) mass is 289 g/mol. The first-order chi connectivity index (χ1) is 10.1. The molecule has 0 atom stereocenters. The van der Waals surface area contributed by atoms with Crippen LogP contribution in [0, 0.1) is 21.4 Å². The number of nitro benzene ring substituents is 1. The third-order valence-electron chi connectivity index (χ3n) is 3.31. The molecule has 0 bridgehead atoms. The largest absolute Gasteiger partial charge is 0.335 e. The van der Waals surface area contributed by atoms with Gasteiger partial charge in [-0.05, 0) is 25.0 Å². The fraction of sp³-hybridized carbons (Fsp3) is 0.385. The van der Waals surface area contributed by atoms with Gasteiger partial charge in [0.2, 0.25) is 0 Å². The molecule has 1 amide bonds. The average Bonchev–Trinajstić information content (AvgIpc) is 3.31. The number of carbonyl (C=O) groups excluding carboxylic acids is 1. The highest BCUT2D eigenvalue weighted by Crippen LogP contribution is 2.30. The molecule has 0 spiro atoms. The van der Waals surface area contributed by atoms with Crippen molar-refractivity contribution in [2.45, 2.75) is 25.3 Å². The Morgan fingerprint density at radius 3 is 2.81 bits per heavy atom. The normalized spacial score (nSPS) is 13.3. The Hall–Kier alpha value is -2.66. The molecule has 1 aromatic rings. The number of anilines is 1. The van der Waals surface area contributed by atoms with Gasteiger partial charge in [0, 0.05) is 24.2 Å². The lowest BCUT2D eigenvalue weighted by Crippen LogP contribution is -2.34. The molecule has 0 unspecified atom stereocenters. The van der Waals surface area contributed by atoms with Crippen molar-refractivity contribution < 1.29 is 9.72 Å². The third-order valence-corrected chi connectivity index (χ3v) is 3.31. The number of hydrogen-bond donors (Lipinski definition) is 2. The topological polar surface area (TPSA) is 125 Å². The van der Waals surface area contributed by atoms with Crippen molar-refractivity contribution in [3.63, 3.8) is 0 Å². The van der Waals surface area contributed by atoms with Crippen molar-refractivity contribution in [2.75, 3.05) is 12.0 Å². The second-order valence-electron chi connectivity index (χ2n) is 4.77. The van der Waals surface area contributed by atoms with E-state index in [1.165, 1.54) is 18.2 Å². The Bertz CT molecular complexity index is 606. The Balaban J connectivity index is 2.25. The van der Waals surface area contributed by atoms with Gasteiger partial charge in [0.05, 0.1) is 17.4 Å². The van der Waals surface area contributed by atoms with E-state index in [0.717, 1.165) is 12.8 Å². The summed E-state index contributed by atoms with van der Waals surface area (Å²) in [5, 5.41) is 19.5. The molecule has 21 heavy (non-hydrogen) atoms. The van der Waals surface area contributed by atoms with Crippen molar-refractivity contribution >= 4 is 17.3 Å². The molecule has 1 fully saturated rings. The molecule has 8 nitrogen and oxygen atoms in total. The van der Waals surface area contributed by atoms with Gasteiger partial charge in [-0.2, -0.15) is 5.26 Å². The number of carbonyl (C=O) groups is 1. The quantitative estimate of drug-likeness (QED) is 0.463. The van der Waals surface area contributed by atoms with Crippen LogP contribution in [0.2, 0.25) is 0 Å². The number of nitrogens with two attached hydrogens (primary N) is 1. The van der Waals surface area contributed by atoms with Crippen LogP contribution < -0.4 is 11.3 Å². The molecular weight excluding hydrogens is 274 g/mol. The molecule has 110 valence electrons. The van der Waals surface area contributed by atoms with Gasteiger partial charge in [-0.1, -0.05) is 0 Å². The molecule has 2 rings (SSSR count). The minimum absolute atomic E-state index is 0.0851. The number of rotatable bonds is 6. The highest BCUT2D eigenvalue weighted by atomic mass is 16.6. The summed E-state index contributed by atoms with van der Waals surface area (Å²) in [4.78, 5) is 24.4. The van der Waals surface area contributed by atoms with Crippen LogP contribution in [0.3, 0.4) is 0 Å².